The molecule has 0 aromatic carbocycles. The minimum Gasteiger partial charge on any atom is -0.379 e. The number of pyridine rings is 1. The van der Waals surface area contributed by atoms with E-state index in [1.165, 1.54) is 6.20 Å². The first kappa shape index (κ1) is 14.3. The SMILES string of the molecule is Fc1cnc(-c2ccn(CCN3CCOCC3)n2)c2[nH]ccc12. The maximum Gasteiger partial charge on any atom is 0.150 e. The van der Waals surface area contributed by atoms with Crippen LogP contribution in [0.3, 0.4) is 0 Å². The monoisotopic (exact) mass is 315 g/mol. The molecule has 1 N–H and O–H groups in total. The average molecular weight is 315 g/mol. The van der Waals surface area contributed by atoms with Crippen molar-refractivity contribution < 1.29 is 9.13 Å². The van der Waals surface area contributed by atoms with Gasteiger partial charge < -0.3 is 9.72 Å². The summed E-state index contributed by atoms with van der Waals surface area (Å²) in [5, 5.41) is 5.12. The summed E-state index contributed by atoms with van der Waals surface area (Å²) in [6, 6.07) is 3.63. The van der Waals surface area contributed by atoms with Crippen LogP contribution in [0, 0.1) is 5.82 Å². The highest BCUT2D eigenvalue weighted by Gasteiger charge is 2.14. The Kier molecular flexibility index (Phi) is 3.80. The lowest BCUT2D eigenvalue weighted by Gasteiger charge is -2.26. The van der Waals surface area contributed by atoms with E-state index in [1.54, 1.807) is 12.3 Å². The lowest BCUT2D eigenvalue weighted by Crippen LogP contribution is -2.38. The number of halogens is 1. The van der Waals surface area contributed by atoms with Gasteiger partial charge in [-0.1, -0.05) is 0 Å². The van der Waals surface area contributed by atoms with E-state index >= 15 is 0 Å². The molecule has 120 valence electrons. The maximum atomic E-state index is 13.7. The second-order valence-corrected chi connectivity index (χ2v) is 5.64. The summed E-state index contributed by atoms with van der Waals surface area (Å²) in [6.07, 6.45) is 4.90. The third-order valence-corrected chi connectivity index (χ3v) is 4.18. The molecule has 6 nitrogen and oxygen atoms in total. The molecule has 1 fully saturated rings. The lowest BCUT2D eigenvalue weighted by atomic mass is 10.2. The van der Waals surface area contributed by atoms with Crippen LogP contribution in [0.5, 0.6) is 0 Å². The van der Waals surface area contributed by atoms with Gasteiger partial charge in [-0.3, -0.25) is 9.58 Å². The molecule has 7 heteroatoms. The molecular formula is C16H18FN5O. The Balaban J connectivity index is 1.52. The van der Waals surface area contributed by atoms with E-state index < -0.39 is 0 Å². The van der Waals surface area contributed by atoms with Crippen LogP contribution >= 0.6 is 0 Å². The molecule has 1 saturated heterocycles. The Morgan fingerprint density at radius 2 is 2.09 bits per heavy atom. The predicted octanol–water partition coefficient (Wildman–Crippen LogP) is 1.90. The molecule has 0 unspecified atom stereocenters. The van der Waals surface area contributed by atoms with Gasteiger partial charge >= 0.3 is 0 Å². The molecule has 4 rings (SSSR count). The molecule has 0 radical (unpaired) electrons. The van der Waals surface area contributed by atoms with E-state index in [9.17, 15) is 4.39 Å². The molecule has 0 atom stereocenters. The van der Waals surface area contributed by atoms with Crippen LogP contribution < -0.4 is 0 Å². The lowest BCUT2D eigenvalue weighted by molar-refractivity contribution is 0.0360. The van der Waals surface area contributed by atoms with Gasteiger partial charge in [-0.2, -0.15) is 5.10 Å². The van der Waals surface area contributed by atoms with Gasteiger partial charge in [0.1, 0.15) is 11.4 Å². The molecule has 3 aromatic heterocycles. The third kappa shape index (κ3) is 2.85. The van der Waals surface area contributed by atoms with Gasteiger partial charge in [0.25, 0.3) is 0 Å². The number of ether oxygens (including phenoxy) is 1. The van der Waals surface area contributed by atoms with Gasteiger partial charge in [-0.25, -0.2) is 9.37 Å². The Bertz CT molecular complexity index is 806. The van der Waals surface area contributed by atoms with Crippen LogP contribution in [0.2, 0.25) is 0 Å². The summed E-state index contributed by atoms with van der Waals surface area (Å²) in [4.78, 5) is 9.61. The predicted molar refractivity (Wildman–Crippen MR) is 84.5 cm³/mol. The summed E-state index contributed by atoms with van der Waals surface area (Å²) in [6.45, 7) is 5.30. The van der Waals surface area contributed by atoms with E-state index in [1.807, 2.05) is 16.9 Å². The highest BCUT2D eigenvalue weighted by molar-refractivity contribution is 5.91. The fourth-order valence-corrected chi connectivity index (χ4v) is 2.90. The van der Waals surface area contributed by atoms with Crippen LogP contribution in [0.1, 0.15) is 0 Å². The number of aromatic amines is 1. The van der Waals surface area contributed by atoms with E-state index in [0.717, 1.165) is 45.1 Å². The molecule has 4 heterocycles. The second-order valence-electron chi connectivity index (χ2n) is 5.64. The Morgan fingerprint density at radius 3 is 2.96 bits per heavy atom. The Labute approximate surface area is 132 Å². The Hall–Kier alpha value is -2.25. The molecule has 0 bridgehead atoms. The Morgan fingerprint density at radius 1 is 1.22 bits per heavy atom. The van der Waals surface area contributed by atoms with E-state index in [0.29, 0.717) is 16.6 Å². The summed E-state index contributed by atoms with van der Waals surface area (Å²) in [7, 11) is 0. The summed E-state index contributed by atoms with van der Waals surface area (Å²) in [5.74, 6) is -0.322. The molecule has 0 spiro atoms. The number of hydrogen-bond acceptors (Lipinski definition) is 4. The van der Waals surface area contributed by atoms with E-state index in [2.05, 4.69) is 20.0 Å². The first-order chi connectivity index (χ1) is 11.3. The number of nitrogens with one attached hydrogen (secondary N) is 1. The van der Waals surface area contributed by atoms with E-state index in [4.69, 9.17) is 4.74 Å². The molecule has 0 amide bonds. The zero-order chi connectivity index (χ0) is 15.6. The molecule has 1 aliphatic rings. The zero-order valence-corrected chi connectivity index (χ0v) is 12.7. The molecule has 1 aliphatic heterocycles. The van der Waals surface area contributed by atoms with E-state index in [-0.39, 0.29) is 5.82 Å². The molecule has 0 saturated carbocycles. The number of nitrogens with zero attached hydrogens (tertiary/aromatic N) is 4. The van der Waals surface area contributed by atoms with Gasteiger partial charge in [-0.15, -0.1) is 0 Å². The quantitative estimate of drug-likeness (QED) is 0.799. The highest BCUT2D eigenvalue weighted by atomic mass is 19.1. The first-order valence-electron chi connectivity index (χ1n) is 7.77. The fourth-order valence-electron chi connectivity index (χ4n) is 2.90. The molecule has 3 aromatic rings. The van der Waals surface area contributed by atoms with Crippen molar-refractivity contribution >= 4 is 10.9 Å². The summed E-state index contributed by atoms with van der Waals surface area (Å²) >= 11 is 0. The number of morpholine rings is 1. The van der Waals surface area contributed by atoms with Crippen LogP contribution in [-0.2, 0) is 11.3 Å². The van der Waals surface area contributed by atoms with Crippen LogP contribution in [0.4, 0.5) is 4.39 Å². The average Bonchev–Trinajstić information content (AvgIpc) is 3.24. The van der Waals surface area contributed by atoms with Crippen molar-refractivity contribution in [3.63, 3.8) is 0 Å². The second kappa shape index (κ2) is 6.10. The van der Waals surface area contributed by atoms with Crippen LogP contribution in [0.15, 0.2) is 30.7 Å². The van der Waals surface area contributed by atoms with Gasteiger partial charge in [-0.05, 0) is 12.1 Å². The topological polar surface area (TPSA) is 59.0 Å². The standard InChI is InChI=1S/C16H18FN5O/c17-13-11-19-16(15-12(13)1-3-18-15)14-2-4-22(20-14)6-5-21-7-9-23-10-8-21/h1-4,11,18H,5-10H2. The number of hydrogen-bond donors (Lipinski definition) is 1. The van der Waals surface area contributed by atoms with Crippen molar-refractivity contribution in [2.24, 2.45) is 0 Å². The zero-order valence-electron chi connectivity index (χ0n) is 12.7. The largest absolute Gasteiger partial charge is 0.379 e. The number of rotatable bonds is 4. The van der Waals surface area contributed by atoms with Crippen molar-refractivity contribution in [1.29, 1.82) is 0 Å². The molecule has 23 heavy (non-hydrogen) atoms. The van der Waals surface area contributed by atoms with Crippen molar-refractivity contribution in [3.8, 4) is 11.4 Å². The summed E-state index contributed by atoms with van der Waals surface area (Å²) in [5.41, 5.74) is 2.11. The number of fused-ring (bicyclic) bond motifs is 1. The van der Waals surface area contributed by atoms with Gasteiger partial charge in [0.15, 0.2) is 5.82 Å². The van der Waals surface area contributed by atoms with Crippen molar-refractivity contribution in [2.45, 2.75) is 6.54 Å². The van der Waals surface area contributed by atoms with Crippen molar-refractivity contribution in [1.82, 2.24) is 24.6 Å². The highest BCUT2D eigenvalue weighted by Crippen LogP contribution is 2.25. The maximum absolute atomic E-state index is 13.7. The summed E-state index contributed by atoms with van der Waals surface area (Å²) < 4.78 is 21.0. The smallest absolute Gasteiger partial charge is 0.150 e. The minimum atomic E-state index is -0.322. The molecule has 0 aliphatic carbocycles. The van der Waals surface area contributed by atoms with Crippen LogP contribution in [0.25, 0.3) is 22.3 Å². The minimum absolute atomic E-state index is 0.322. The number of H-pyrrole nitrogens is 1. The van der Waals surface area contributed by atoms with Crippen LogP contribution in [-0.4, -0.2) is 57.5 Å². The fraction of sp³-hybridized carbons (Fsp3) is 0.375. The molecular weight excluding hydrogens is 297 g/mol. The normalized spacial score (nSPS) is 16.2. The third-order valence-electron chi connectivity index (χ3n) is 4.18. The van der Waals surface area contributed by atoms with Gasteiger partial charge in [0.2, 0.25) is 0 Å². The van der Waals surface area contributed by atoms with Gasteiger partial charge in [0, 0.05) is 37.4 Å². The van der Waals surface area contributed by atoms with Crippen molar-refractivity contribution in [2.75, 3.05) is 32.8 Å². The first-order valence-corrected chi connectivity index (χ1v) is 7.77. The van der Waals surface area contributed by atoms with Crippen molar-refractivity contribution in [3.05, 3.63) is 36.5 Å². The van der Waals surface area contributed by atoms with Gasteiger partial charge in [0.05, 0.1) is 31.5 Å². The number of aromatic nitrogens is 4.